The van der Waals surface area contributed by atoms with Crippen molar-refractivity contribution in [1.82, 2.24) is 10.6 Å². The van der Waals surface area contributed by atoms with Gasteiger partial charge in [0.1, 0.15) is 0 Å². The van der Waals surface area contributed by atoms with E-state index in [1.807, 2.05) is 13.8 Å². The van der Waals surface area contributed by atoms with Crippen LogP contribution >= 0.6 is 0 Å². The van der Waals surface area contributed by atoms with Crippen LogP contribution in [0.1, 0.15) is 39.5 Å². The highest BCUT2D eigenvalue weighted by Crippen LogP contribution is 2.16. The summed E-state index contributed by atoms with van der Waals surface area (Å²) in [4.78, 5) is 22.5. The number of nitrogens with one attached hydrogen (secondary N) is 2. The molecule has 2 amide bonds. The second-order valence-electron chi connectivity index (χ2n) is 5.11. The zero-order valence-electron chi connectivity index (χ0n) is 11.6. The van der Waals surface area contributed by atoms with Gasteiger partial charge in [0.25, 0.3) is 0 Å². The van der Waals surface area contributed by atoms with Crippen LogP contribution in [0.5, 0.6) is 0 Å². The number of carbonyl (C=O) groups excluding carboxylic acids is 1. The third kappa shape index (κ3) is 5.92. The van der Waals surface area contributed by atoms with Crippen molar-refractivity contribution in [3.63, 3.8) is 0 Å². The van der Waals surface area contributed by atoms with Gasteiger partial charge in [-0.15, -0.1) is 0 Å². The molecule has 0 aromatic heterocycles. The lowest BCUT2D eigenvalue weighted by atomic mass is 10.0. The first-order chi connectivity index (χ1) is 9.02. The molecule has 110 valence electrons. The Hall–Kier alpha value is -1.30. The van der Waals surface area contributed by atoms with Gasteiger partial charge in [-0.25, -0.2) is 4.79 Å². The Kier molecular flexibility index (Phi) is 6.62. The predicted molar refractivity (Wildman–Crippen MR) is 71.0 cm³/mol. The number of urea groups is 1. The van der Waals surface area contributed by atoms with Crippen LogP contribution in [0.15, 0.2) is 0 Å². The summed E-state index contributed by atoms with van der Waals surface area (Å²) in [6.07, 6.45) is 2.42. The second-order valence-corrected chi connectivity index (χ2v) is 5.11. The van der Waals surface area contributed by atoms with E-state index >= 15 is 0 Å². The molecule has 0 aliphatic carbocycles. The Morgan fingerprint density at radius 1 is 1.42 bits per heavy atom. The van der Waals surface area contributed by atoms with Gasteiger partial charge in [0.15, 0.2) is 0 Å². The third-order valence-corrected chi connectivity index (χ3v) is 3.42. The lowest BCUT2D eigenvalue weighted by Crippen LogP contribution is -2.48. The fourth-order valence-electron chi connectivity index (χ4n) is 2.28. The molecule has 0 aromatic carbocycles. The Morgan fingerprint density at radius 3 is 2.68 bits per heavy atom. The molecule has 1 aliphatic rings. The lowest BCUT2D eigenvalue weighted by molar-refractivity contribution is -0.137. The SMILES string of the molecule is CCCC(CC(=O)O)NC(=O)NC(C)C1CCOC1. The Labute approximate surface area is 113 Å². The van der Waals surface area contributed by atoms with Gasteiger partial charge in [-0.1, -0.05) is 13.3 Å². The van der Waals surface area contributed by atoms with Crippen molar-refractivity contribution in [2.24, 2.45) is 5.92 Å². The normalized spacial score (nSPS) is 21.7. The van der Waals surface area contributed by atoms with E-state index in [0.29, 0.717) is 18.9 Å². The molecule has 1 heterocycles. The highest BCUT2D eigenvalue weighted by atomic mass is 16.5. The zero-order chi connectivity index (χ0) is 14.3. The van der Waals surface area contributed by atoms with Crippen LogP contribution in [-0.2, 0) is 9.53 Å². The molecule has 3 atom stereocenters. The van der Waals surface area contributed by atoms with Gasteiger partial charge in [-0.3, -0.25) is 4.79 Å². The first kappa shape index (κ1) is 15.8. The molecule has 0 aromatic rings. The van der Waals surface area contributed by atoms with Crippen molar-refractivity contribution < 1.29 is 19.4 Å². The summed E-state index contributed by atoms with van der Waals surface area (Å²) >= 11 is 0. The average Bonchev–Trinajstić information content (AvgIpc) is 2.81. The fourth-order valence-corrected chi connectivity index (χ4v) is 2.28. The average molecular weight is 272 g/mol. The van der Waals surface area contributed by atoms with Crippen molar-refractivity contribution >= 4 is 12.0 Å². The van der Waals surface area contributed by atoms with Crippen molar-refractivity contribution in [3.05, 3.63) is 0 Å². The molecule has 0 spiro atoms. The largest absolute Gasteiger partial charge is 0.481 e. The summed E-state index contributed by atoms with van der Waals surface area (Å²) in [5.41, 5.74) is 0. The Balaban J connectivity index is 2.36. The van der Waals surface area contributed by atoms with Gasteiger partial charge in [-0.05, 0) is 19.8 Å². The summed E-state index contributed by atoms with van der Waals surface area (Å²) in [5, 5.41) is 14.4. The minimum Gasteiger partial charge on any atom is -0.481 e. The molecule has 0 radical (unpaired) electrons. The molecule has 6 heteroatoms. The van der Waals surface area contributed by atoms with Crippen LogP contribution in [0.25, 0.3) is 0 Å². The van der Waals surface area contributed by atoms with Crippen molar-refractivity contribution in [2.75, 3.05) is 13.2 Å². The van der Waals surface area contributed by atoms with E-state index in [-0.39, 0.29) is 24.5 Å². The molecule has 3 unspecified atom stereocenters. The number of rotatable bonds is 7. The fraction of sp³-hybridized carbons (Fsp3) is 0.846. The molecule has 0 bridgehead atoms. The van der Waals surface area contributed by atoms with Crippen molar-refractivity contribution in [3.8, 4) is 0 Å². The first-order valence-corrected chi connectivity index (χ1v) is 6.89. The van der Waals surface area contributed by atoms with Gasteiger partial charge in [0.05, 0.1) is 13.0 Å². The van der Waals surface area contributed by atoms with E-state index < -0.39 is 5.97 Å². The van der Waals surface area contributed by atoms with Gasteiger partial charge >= 0.3 is 12.0 Å². The van der Waals surface area contributed by atoms with E-state index in [1.165, 1.54) is 0 Å². The smallest absolute Gasteiger partial charge is 0.315 e. The number of amides is 2. The van der Waals surface area contributed by atoms with Crippen LogP contribution in [0, 0.1) is 5.92 Å². The molecule has 1 saturated heterocycles. The van der Waals surface area contributed by atoms with Crippen LogP contribution in [-0.4, -0.2) is 42.4 Å². The van der Waals surface area contributed by atoms with E-state index in [4.69, 9.17) is 9.84 Å². The second kappa shape index (κ2) is 7.99. The van der Waals surface area contributed by atoms with Gasteiger partial charge in [0.2, 0.25) is 0 Å². The zero-order valence-corrected chi connectivity index (χ0v) is 11.6. The number of carboxylic acids is 1. The topological polar surface area (TPSA) is 87.7 Å². The standard InChI is InChI=1S/C13H24N2O4/c1-3-4-11(7-12(16)17)15-13(18)14-9(2)10-5-6-19-8-10/h9-11H,3-8H2,1-2H3,(H,16,17)(H2,14,15,18). The number of carbonyl (C=O) groups is 2. The number of ether oxygens (including phenoxy) is 1. The molecule has 1 fully saturated rings. The maximum atomic E-state index is 11.8. The predicted octanol–water partition coefficient (Wildman–Crippen LogP) is 1.35. The summed E-state index contributed by atoms with van der Waals surface area (Å²) in [6, 6.07) is -0.566. The third-order valence-electron chi connectivity index (χ3n) is 3.42. The quantitative estimate of drug-likeness (QED) is 0.653. The monoisotopic (exact) mass is 272 g/mol. The molecule has 19 heavy (non-hydrogen) atoms. The maximum Gasteiger partial charge on any atom is 0.315 e. The molecule has 1 rings (SSSR count). The molecular weight excluding hydrogens is 248 g/mol. The van der Waals surface area contributed by atoms with E-state index in [1.54, 1.807) is 0 Å². The summed E-state index contributed by atoms with van der Waals surface area (Å²) < 4.78 is 5.28. The van der Waals surface area contributed by atoms with Gasteiger partial charge in [-0.2, -0.15) is 0 Å². The minimum atomic E-state index is -0.893. The van der Waals surface area contributed by atoms with Crippen molar-refractivity contribution in [1.29, 1.82) is 0 Å². The summed E-state index contributed by atoms with van der Waals surface area (Å²) in [6.45, 7) is 5.34. The summed E-state index contributed by atoms with van der Waals surface area (Å²) in [5.74, 6) is -0.550. The van der Waals surface area contributed by atoms with Crippen LogP contribution in [0.3, 0.4) is 0 Å². The number of aliphatic carboxylic acids is 1. The van der Waals surface area contributed by atoms with Gasteiger partial charge < -0.3 is 20.5 Å². The Morgan fingerprint density at radius 2 is 2.16 bits per heavy atom. The van der Waals surface area contributed by atoms with E-state index in [2.05, 4.69) is 10.6 Å². The number of hydrogen-bond acceptors (Lipinski definition) is 3. The van der Waals surface area contributed by atoms with Crippen LogP contribution in [0.4, 0.5) is 4.79 Å². The molecule has 3 N–H and O–H groups in total. The molecular formula is C13H24N2O4. The van der Waals surface area contributed by atoms with E-state index in [9.17, 15) is 9.59 Å². The minimum absolute atomic E-state index is 0.0367. The van der Waals surface area contributed by atoms with Crippen LogP contribution in [0.2, 0.25) is 0 Å². The highest BCUT2D eigenvalue weighted by Gasteiger charge is 2.24. The van der Waals surface area contributed by atoms with Crippen molar-refractivity contribution in [2.45, 2.75) is 51.6 Å². The number of hydrogen-bond donors (Lipinski definition) is 3. The molecule has 0 saturated carbocycles. The highest BCUT2D eigenvalue weighted by molar-refractivity contribution is 5.76. The number of carboxylic acid groups (broad SMARTS) is 1. The first-order valence-electron chi connectivity index (χ1n) is 6.89. The molecule has 1 aliphatic heterocycles. The summed E-state index contributed by atoms with van der Waals surface area (Å²) in [7, 11) is 0. The lowest BCUT2D eigenvalue weighted by Gasteiger charge is -2.22. The van der Waals surface area contributed by atoms with Crippen LogP contribution < -0.4 is 10.6 Å². The maximum absolute atomic E-state index is 11.8. The Bertz CT molecular complexity index is 303. The van der Waals surface area contributed by atoms with Gasteiger partial charge in [0, 0.05) is 24.6 Å². The molecule has 6 nitrogen and oxygen atoms in total. The van der Waals surface area contributed by atoms with E-state index in [0.717, 1.165) is 19.4 Å².